The number of hydrogen-bond donors (Lipinski definition) is 1. The number of hydrogen-bond acceptors (Lipinski definition) is 6. The van der Waals surface area contributed by atoms with Gasteiger partial charge in [0, 0.05) is 12.6 Å². The highest BCUT2D eigenvalue weighted by atomic mass is 16.5. The monoisotopic (exact) mass is 436 g/mol. The van der Waals surface area contributed by atoms with E-state index in [0.29, 0.717) is 11.5 Å². The molecule has 4 rings (SSSR count). The van der Waals surface area contributed by atoms with E-state index in [-0.39, 0.29) is 12.1 Å². The molecule has 0 aliphatic carbocycles. The third-order valence-electron chi connectivity index (χ3n) is 5.75. The molecule has 0 spiro atoms. The number of carbonyl (C=O) groups is 1. The van der Waals surface area contributed by atoms with Crippen molar-refractivity contribution in [2.24, 2.45) is 0 Å². The molecule has 9 heteroatoms. The van der Waals surface area contributed by atoms with Crippen LogP contribution in [0.15, 0.2) is 49.2 Å². The Balaban J connectivity index is 1.38. The van der Waals surface area contributed by atoms with Crippen LogP contribution in [0.2, 0.25) is 0 Å². The number of rotatable bonds is 7. The van der Waals surface area contributed by atoms with E-state index in [9.17, 15) is 4.79 Å². The molecule has 32 heavy (non-hydrogen) atoms. The Kier molecular flexibility index (Phi) is 6.84. The van der Waals surface area contributed by atoms with Crippen LogP contribution in [-0.2, 0) is 6.42 Å². The van der Waals surface area contributed by atoms with Gasteiger partial charge < -0.3 is 19.7 Å². The number of piperidine rings is 1. The summed E-state index contributed by atoms with van der Waals surface area (Å²) in [5, 5.41) is 7.05. The molecule has 1 N–H and O–H groups in total. The molecule has 2 amide bonds. The van der Waals surface area contributed by atoms with Crippen molar-refractivity contribution < 1.29 is 14.3 Å². The van der Waals surface area contributed by atoms with Crippen molar-refractivity contribution in [1.82, 2.24) is 24.6 Å². The maximum atomic E-state index is 13.0. The van der Waals surface area contributed by atoms with Crippen LogP contribution in [-0.4, -0.2) is 57.5 Å². The number of amides is 2. The van der Waals surface area contributed by atoms with Crippen molar-refractivity contribution in [3.8, 4) is 17.3 Å². The van der Waals surface area contributed by atoms with Crippen LogP contribution >= 0.6 is 0 Å². The fourth-order valence-electron chi connectivity index (χ4n) is 4.05. The van der Waals surface area contributed by atoms with Crippen LogP contribution in [0, 0.1) is 0 Å². The molecule has 0 saturated carbocycles. The van der Waals surface area contributed by atoms with E-state index in [1.165, 1.54) is 11.9 Å². The minimum Gasteiger partial charge on any atom is -0.493 e. The first kappa shape index (κ1) is 21.6. The highest BCUT2D eigenvalue weighted by molar-refractivity contribution is 5.89. The number of carbonyl (C=O) groups excluding carboxylic acids is 1. The summed E-state index contributed by atoms with van der Waals surface area (Å²) >= 11 is 0. The van der Waals surface area contributed by atoms with Crippen molar-refractivity contribution >= 4 is 11.7 Å². The average molecular weight is 437 g/mol. The molecule has 3 aromatic rings. The number of pyridine rings is 1. The zero-order chi connectivity index (χ0) is 22.3. The first-order valence-corrected chi connectivity index (χ1v) is 10.8. The summed E-state index contributed by atoms with van der Waals surface area (Å²) in [5.74, 6) is 2.09. The molecule has 1 atom stereocenters. The van der Waals surface area contributed by atoms with E-state index in [2.05, 4.69) is 26.4 Å². The SMILES string of the molecule is COc1ccc(CCC2CCCCN2C(=O)Nc2ccc(-n3cncn3)nc2)cc1OC. The van der Waals surface area contributed by atoms with E-state index >= 15 is 0 Å². The second-order valence-electron chi connectivity index (χ2n) is 7.75. The summed E-state index contributed by atoms with van der Waals surface area (Å²) in [6.45, 7) is 0.757. The van der Waals surface area contributed by atoms with Gasteiger partial charge in [-0.3, -0.25) is 0 Å². The fraction of sp³-hybridized carbons (Fsp3) is 0.391. The van der Waals surface area contributed by atoms with Crippen LogP contribution in [0.1, 0.15) is 31.2 Å². The molecule has 9 nitrogen and oxygen atoms in total. The van der Waals surface area contributed by atoms with Crippen LogP contribution in [0.5, 0.6) is 11.5 Å². The zero-order valence-corrected chi connectivity index (χ0v) is 18.4. The first-order chi connectivity index (χ1) is 15.7. The maximum absolute atomic E-state index is 13.0. The van der Waals surface area contributed by atoms with E-state index < -0.39 is 0 Å². The number of benzene rings is 1. The lowest BCUT2D eigenvalue weighted by molar-refractivity contribution is 0.158. The van der Waals surface area contributed by atoms with Crippen molar-refractivity contribution in [2.75, 3.05) is 26.1 Å². The number of aryl methyl sites for hydroxylation is 1. The van der Waals surface area contributed by atoms with E-state index in [0.717, 1.165) is 50.1 Å². The summed E-state index contributed by atoms with van der Waals surface area (Å²) in [5.41, 5.74) is 1.82. The van der Waals surface area contributed by atoms with Crippen molar-refractivity contribution in [1.29, 1.82) is 0 Å². The van der Waals surface area contributed by atoms with Gasteiger partial charge in [0.1, 0.15) is 12.7 Å². The highest BCUT2D eigenvalue weighted by Crippen LogP contribution is 2.29. The largest absolute Gasteiger partial charge is 0.493 e. The lowest BCUT2D eigenvalue weighted by atomic mass is 9.96. The molecule has 168 valence electrons. The highest BCUT2D eigenvalue weighted by Gasteiger charge is 2.26. The van der Waals surface area contributed by atoms with Gasteiger partial charge in [0.05, 0.1) is 26.1 Å². The molecule has 1 aromatic carbocycles. The Labute approximate surface area is 187 Å². The number of nitrogens with zero attached hydrogens (tertiary/aromatic N) is 5. The minimum absolute atomic E-state index is 0.0858. The molecule has 3 heterocycles. The van der Waals surface area contributed by atoms with Crippen LogP contribution in [0.4, 0.5) is 10.5 Å². The van der Waals surface area contributed by atoms with E-state index in [1.807, 2.05) is 23.1 Å². The third-order valence-corrected chi connectivity index (χ3v) is 5.75. The summed E-state index contributed by atoms with van der Waals surface area (Å²) in [6, 6.07) is 9.72. The number of anilines is 1. The summed E-state index contributed by atoms with van der Waals surface area (Å²) < 4.78 is 12.3. The van der Waals surface area contributed by atoms with Gasteiger partial charge in [-0.25, -0.2) is 19.4 Å². The Hall–Kier alpha value is -3.62. The fourth-order valence-corrected chi connectivity index (χ4v) is 4.05. The quantitative estimate of drug-likeness (QED) is 0.607. The Morgan fingerprint density at radius 2 is 2.03 bits per heavy atom. The van der Waals surface area contributed by atoms with Crippen LogP contribution in [0.3, 0.4) is 0 Å². The van der Waals surface area contributed by atoms with Gasteiger partial charge in [-0.1, -0.05) is 6.07 Å². The summed E-state index contributed by atoms with van der Waals surface area (Å²) in [7, 11) is 3.27. The molecule has 1 aliphatic heterocycles. The molecule has 0 bridgehead atoms. The number of methoxy groups -OCH3 is 2. The molecule has 1 fully saturated rings. The summed E-state index contributed by atoms with van der Waals surface area (Å²) in [4.78, 5) is 23.2. The Morgan fingerprint density at radius 3 is 2.75 bits per heavy atom. The van der Waals surface area contributed by atoms with Gasteiger partial charge in [0.25, 0.3) is 0 Å². The van der Waals surface area contributed by atoms with Crippen LogP contribution in [0.25, 0.3) is 5.82 Å². The maximum Gasteiger partial charge on any atom is 0.322 e. The molecule has 1 aliphatic rings. The number of likely N-dealkylation sites (tertiary alicyclic amines) is 1. The second kappa shape index (κ2) is 10.1. The van der Waals surface area contributed by atoms with Crippen molar-refractivity contribution in [3.63, 3.8) is 0 Å². The zero-order valence-electron chi connectivity index (χ0n) is 18.4. The van der Waals surface area contributed by atoms with Gasteiger partial charge >= 0.3 is 6.03 Å². The molecular weight excluding hydrogens is 408 g/mol. The molecule has 2 aromatic heterocycles. The smallest absolute Gasteiger partial charge is 0.322 e. The standard InChI is InChI=1S/C23H28N6O3/c1-31-20-10-7-17(13-21(20)32-2)6-9-19-5-3-4-12-28(19)23(30)27-18-8-11-22(25-14-18)29-16-24-15-26-29/h7-8,10-11,13-16,19H,3-6,9,12H2,1-2H3,(H,27,30). The predicted octanol–water partition coefficient (Wildman–Crippen LogP) is 3.70. The van der Waals surface area contributed by atoms with Gasteiger partial charge in [-0.2, -0.15) is 5.10 Å². The Morgan fingerprint density at radius 1 is 1.16 bits per heavy atom. The van der Waals surface area contributed by atoms with Crippen LogP contribution < -0.4 is 14.8 Å². The average Bonchev–Trinajstić information content (AvgIpc) is 3.38. The van der Waals surface area contributed by atoms with E-state index in [4.69, 9.17) is 9.47 Å². The Bertz CT molecular complexity index is 1020. The van der Waals surface area contributed by atoms with Gasteiger partial charge in [0.15, 0.2) is 17.3 Å². The molecule has 0 radical (unpaired) electrons. The minimum atomic E-state index is -0.0858. The lowest BCUT2D eigenvalue weighted by Crippen LogP contribution is -2.46. The number of aromatic nitrogens is 4. The van der Waals surface area contributed by atoms with Crippen molar-refractivity contribution in [2.45, 2.75) is 38.1 Å². The predicted molar refractivity (Wildman–Crippen MR) is 120 cm³/mol. The van der Waals surface area contributed by atoms with E-state index in [1.54, 1.807) is 37.5 Å². The molecular formula is C23H28N6O3. The number of nitrogens with one attached hydrogen (secondary N) is 1. The van der Waals surface area contributed by atoms with Gasteiger partial charge in [-0.15, -0.1) is 0 Å². The number of ether oxygens (including phenoxy) is 2. The second-order valence-corrected chi connectivity index (χ2v) is 7.75. The number of urea groups is 1. The van der Waals surface area contributed by atoms with Gasteiger partial charge in [-0.05, 0) is 61.9 Å². The normalized spacial score (nSPS) is 15.9. The lowest BCUT2D eigenvalue weighted by Gasteiger charge is -2.36. The molecule has 1 saturated heterocycles. The first-order valence-electron chi connectivity index (χ1n) is 10.8. The van der Waals surface area contributed by atoms with Crippen molar-refractivity contribution in [3.05, 3.63) is 54.7 Å². The molecule has 1 unspecified atom stereocenters. The third kappa shape index (κ3) is 4.99. The summed E-state index contributed by atoms with van der Waals surface area (Å²) in [6.07, 6.45) is 9.59. The topological polar surface area (TPSA) is 94.4 Å². The van der Waals surface area contributed by atoms with Gasteiger partial charge in [0.2, 0.25) is 0 Å².